The highest BCUT2D eigenvalue weighted by Gasteiger charge is 2.19. The molecule has 0 atom stereocenters. The molecule has 0 radical (unpaired) electrons. The van der Waals surface area contributed by atoms with Gasteiger partial charge in [-0.1, -0.05) is 37.9 Å². The van der Waals surface area contributed by atoms with Gasteiger partial charge in [0.15, 0.2) is 0 Å². The van der Waals surface area contributed by atoms with Gasteiger partial charge in [0, 0.05) is 19.1 Å². The third kappa shape index (κ3) is 3.88. The van der Waals surface area contributed by atoms with Gasteiger partial charge in [-0.2, -0.15) is 0 Å². The standard InChI is InChI=1S/C14H12Br3NO2S/c1-8-3-4-10(6-11(8)15)18-21(19,20)14-7-12(16)9(2)5-13(14)17/h3-7,18H,1-2H3. The predicted molar refractivity (Wildman–Crippen MR) is 96.3 cm³/mol. The van der Waals surface area contributed by atoms with E-state index >= 15 is 0 Å². The van der Waals surface area contributed by atoms with Crippen LogP contribution in [0.5, 0.6) is 0 Å². The molecule has 0 unspecified atom stereocenters. The fourth-order valence-corrected chi connectivity index (χ4v) is 4.81. The quantitative estimate of drug-likeness (QED) is 0.618. The molecule has 0 bridgehead atoms. The number of hydrogen-bond acceptors (Lipinski definition) is 2. The number of sulfonamides is 1. The number of nitrogens with one attached hydrogen (secondary N) is 1. The van der Waals surface area contributed by atoms with E-state index in [9.17, 15) is 8.42 Å². The Bertz CT molecular complexity index is 804. The zero-order chi connectivity index (χ0) is 15.8. The zero-order valence-electron chi connectivity index (χ0n) is 11.2. The normalized spacial score (nSPS) is 11.5. The highest BCUT2D eigenvalue weighted by atomic mass is 79.9. The van der Waals surface area contributed by atoms with Gasteiger partial charge in [-0.3, -0.25) is 4.72 Å². The van der Waals surface area contributed by atoms with Crippen LogP contribution in [0.4, 0.5) is 5.69 Å². The molecule has 0 saturated heterocycles. The van der Waals surface area contributed by atoms with Crippen LogP contribution in [0.1, 0.15) is 11.1 Å². The lowest BCUT2D eigenvalue weighted by atomic mass is 10.2. The molecule has 2 aromatic rings. The Hall–Kier alpha value is -0.370. The molecular weight excluding hydrogens is 486 g/mol. The van der Waals surface area contributed by atoms with Crippen LogP contribution < -0.4 is 4.72 Å². The monoisotopic (exact) mass is 495 g/mol. The Labute approximate surface area is 149 Å². The van der Waals surface area contributed by atoms with Crippen LogP contribution in [0.3, 0.4) is 0 Å². The molecule has 0 aliphatic heterocycles. The molecule has 0 fully saturated rings. The maximum atomic E-state index is 12.5. The minimum Gasteiger partial charge on any atom is -0.280 e. The predicted octanol–water partition coefficient (Wildman–Crippen LogP) is 5.39. The van der Waals surface area contributed by atoms with Crippen molar-refractivity contribution >= 4 is 63.5 Å². The second-order valence-electron chi connectivity index (χ2n) is 4.60. The number of hydrogen-bond donors (Lipinski definition) is 1. The smallest absolute Gasteiger partial charge is 0.263 e. The van der Waals surface area contributed by atoms with E-state index in [4.69, 9.17) is 0 Å². The molecule has 0 spiro atoms. The van der Waals surface area contributed by atoms with E-state index in [1.807, 2.05) is 19.9 Å². The number of rotatable bonds is 3. The van der Waals surface area contributed by atoms with Crippen molar-refractivity contribution < 1.29 is 8.42 Å². The van der Waals surface area contributed by atoms with E-state index in [0.717, 1.165) is 20.1 Å². The van der Waals surface area contributed by atoms with Crippen LogP contribution in [0.25, 0.3) is 0 Å². The van der Waals surface area contributed by atoms with Gasteiger partial charge in [0.2, 0.25) is 0 Å². The van der Waals surface area contributed by atoms with Crippen molar-refractivity contribution in [3.05, 3.63) is 54.9 Å². The van der Waals surface area contributed by atoms with Crippen molar-refractivity contribution in [2.45, 2.75) is 18.7 Å². The second kappa shape index (κ2) is 6.40. The summed E-state index contributed by atoms with van der Waals surface area (Å²) in [5.74, 6) is 0. The summed E-state index contributed by atoms with van der Waals surface area (Å²) in [7, 11) is -3.66. The maximum Gasteiger partial charge on any atom is 0.263 e. The fourth-order valence-electron chi connectivity index (χ4n) is 1.70. The molecule has 3 nitrogen and oxygen atoms in total. The second-order valence-corrected chi connectivity index (χ2v) is 8.82. The Balaban J connectivity index is 2.43. The maximum absolute atomic E-state index is 12.5. The summed E-state index contributed by atoms with van der Waals surface area (Å²) in [6.07, 6.45) is 0. The van der Waals surface area contributed by atoms with E-state index in [2.05, 4.69) is 52.5 Å². The molecule has 7 heteroatoms. The van der Waals surface area contributed by atoms with Crippen LogP contribution >= 0.6 is 47.8 Å². The minimum absolute atomic E-state index is 0.191. The summed E-state index contributed by atoms with van der Waals surface area (Å²) in [6, 6.07) is 8.68. The van der Waals surface area contributed by atoms with Gasteiger partial charge in [0.1, 0.15) is 4.90 Å². The summed E-state index contributed by atoms with van der Waals surface area (Å²) < 4.78 is 29.7. The van der Waals surface area contributed by atoms with Crippen LogP contribution in [0.15, 0.2) is 48.6 Å². The Kier molecular flexibility index (Phi) is 5.18. The van der Waals surface area contributed by atoms with Crippen molar-refractivity contribution in [1.82, 2.24) is 0 Å². The molecule has 0 heterocycles. The average Bonchev–Trinajstić information content (AvgIpc) is 2.37. The van der Waals surface area contributed by atoms with Crippen LogP contribution in [-0.4, -0.2) is 8.42 Å². The van der Waals surface area contributed by atoms with Crippen LogP contribution in [0.2, 0.25) is 0 Å². The van der Waals surface area contributed by atoms with E-state index in [1.165, 1.54) is 0 Å². The molecule has 0 saturated carbocycles. The molecule has 21 heavy (non-hydrogen) atoms. The number of anilines is 1. The molecule has 112 valence electrons. The summed E-state index contributed by atoms with van der Waals surface area (Å²) in [4.78, 5) is 0.191. The lowest BCUT2D eigenvalue weighted by Gasteiger charge is -2.12. The van der Waals surface area contributed by atoms with E-state index in [1.54, 1.807) is 24.3 Å². The third-order valence-electron chi connectivity index (χ3n) is 2.93. The van der Waals surface area contributed by atoms with Crippen molar-refractivity contribution in [2.75, 3.05) is 4.72 Å². The van der Waals surface area contributed by atoms with Crippen molar-refractivity contribution in [1.29, 1.82) is 0 Å². The Morgan fingerprint density at radius 2 is 1.48 bits per heavy atom. The van der Waals surface area contributed by atoms with Gasteiger partial charge >= 0.3 is 0 Å². The van der Waals surface area contributed by atoms with Crippen LogP contribution in [0, 0.1) is 13.8 Å². The summed E-state index contributed by atoms with van der Waals surface area (Å²) in [5.41, 5.74) is 2.51. The lowest BCUT2D eigenvalue weighted by molar-refractivity contribution is 0.600. The Morgan fingerprint density at radius 1 is 0.857 bits per heavy atom. The molecule has 2 aromatic carbocycles. The first kappa shape index (κ1) is 17.0. The van der Waals surface area contributed by atoms with Gasteiger partial charge in [-0.15, -0.1) is 0 Å². The minimum atomic E-state index is -3.66. The van der Waals surface area contributed by atoms with Gasteiger partial charge < -0.3 is 0 Å². The molecule has 0 aliphatic carbocycles. The summed E-state index contributed by atoms with van der Waals surface area (Å²) in [5, 5.41) is 0. The number of benzene rings is 2. The third-order valence-corrected chi connectivity index (χ3v) is 6.98. The van der Waals surface area contributed by atoms with Crippen LogP contribution in [-0.2, 0) is 10.0 Å². The molecule has 2 rings (SSSR count). The van der Waals surface area contributed by atoms with Gasteiger partial charge in [-0.25, -0.2) is 8.42 Å². The summed E-state index contributed by atoms with van der Waals surface area (Å²) >= 11 is 10.1. The first-order chi connectivity index (χ1) is 9.70. The molecule has 0 aliphatic rings. The van der Waals surface area contributed by atoms with Crippen molar-refractivity contribution in [3.63, 3.8) is 0 Å². The van der Waals surface area contributed by atoms with Gasteiger partial charge in [-0.05, 0) is 65.2 Å². The number of halogens is 3. The van der Waals surface area contributed by atoms with E-state index < -0.39 is 10.0 Å². The molecular formula is C14H12Br3NO2S. The first-order valence-corrected chi connectivity index (χ1v) is 9.81. The molecule has 0 amide bonds. The van der Waals surface area contributed by atoms with E-state index in [0.29, 0.717) is 10.2 Å². The average molecular weight is 498 g/mol. The van der Waals surface area contributed by atoms with Gasteiger partial charge in [0.05, 0.1) is 0 Å². The Morgan fingerprint density at radius 3 is 2.10 bits per heavy atom. The van der Waals surface area contributed by atoms with E-state index in [-0.39, 0.29) is 4.90 Å². The molecule has 1 N–H and O–H groups in total. The lowest BCUT2D eigenvalue weighted by Crippen LogP contribution is -2.14. The molecule has 0 aromatic heterocycles. The number of aryl methyl sites for hydroxylation is 2. The SMILES string of the molecule is Cc1ccc(NS(=O)(=O)c2cc(Br)c(C)cc2Br)cc1Br. The topological polar surface area (TPSA) is 46.2 Å². The van der Waals surface area contributed by atoms with Crippen molar-refractivity contribution in [2.24, 2.45) is 0 Å². The zero-order valence-corrected chi connectivity index (χ0v) is 16.8. The van der Waals surface area contributed by atoms with Gasteiger partial charge in [0.25, 0.3) is 10.0 Å². The fraction of sp³-hybridized carbons (Fsp3) is 0.143. The first-order valence-electron chi connectivity index (χ1n) is 5.95. The summed E-state index contributed by atoms with van der Waals surface area (Å²) in [6.45, 7) is 3.84. The van der Waals surface area contributed by atoms with Crippen molar-refractivity contribution in [3.8, 4) is 0 Å². The largest absolute Gasteiger partial charge is 0.280 e. The highest BCUT2D eigenvalue weighted by molar-refractivity contribution is 9.11. The highest BCUT2D eigenvalue weighted by Crippen LogP contribution is 2.30.